The lowest BCUT2D eigenvalue weighted by molar-refractivity contribution is 0.179. The van der Waals surface area contributed by atoms with Crippen LogP contribution in [-0.4, -0.2) is 10.1 Å². The van der Waals surface area contributed by atoms with Crippen molar-refractivity contribution in [2.45, 2.75) is 12.5 Å². The molecule has 3 rings (SSSR count). The van der Waals surface area contributed by atoms with Crippen LogP contribution in [0.5, 0.6) is 0 Å². The van der Waals surface area contributed by atoms with Gasteiger partial charge in [-0.2, -0.15) is 0 Å². The van der Waals surface area contributed by atoms with E-state index in [9.17, 15) is 5.11 Å². The maximum absolute atomic E-state index is 10.5. The Hall–Kier alpha value is -1.71. The number of aromatic nitrogens is 1. The number of aliphatic hydroxyl groups is 1. The van der Waals surface area contributed by atoms with E-state index < -0.39 is 6.10 Å². The second-order valence-electron chi connectivity index (χ2n) is 4.80. The monoisotopic (exact) mass is 327 g/mol. The van der Waals surface area contributed by atoms with Gasteiger partial charge in [-0.05, 0) is 23.1 Å². The molecule has 20 heavy (non-hydrogen) atoms. The SMILES string of the molecule is OC(Cc1cccc(Br)c1)c1cncc2ccccc12. The van der Waals surface area contributed by atoms with E-state index in [0.29, 0.717) is 6.42 Å². The summed E-state index contributed by atoms with van der Waals surface area (Å²) in [5.41, 5.74) is 1.97. The molecule has 0 saturated heterocycles. The van der Waals surface area contributed by atoms with Crippen LogP contribution in [0.15, 0.2) is 65.4 Å². The predicted octanol–water partition coefficient (Wildman–Crippen LogP) is 4.27. The Morgan fingerprint density at radius 3 is 2.75 bits per heavy atom. The van der Waals surface area contributed by atoms with E-state index in [2.05, 4.69) is 20.9 Å². The molecule has 1 aromatic heterocycles. The number of aliphatic hydroxyl groups excluding tert-OH is 1. The highest BCUT2D eigenvalue weighted by Gasteiger charge is 2.12. The van der Waals surface area contributed by atoms with Gasteiger partial charge in [0.2, 0.25) is 0 Å². The van der Waals surface area contributed by atoms with Crippen molar-refractivity contribution in [3.8, 4) is 0 Å². The molecule has 1 N–H and O–H groups in total. The molecule has 0 bridgehead atoms. The molecule has 100 valence electrons. The zero-order valence-corrected chi connectivity index (χ0v) is 12.4. The molecule has 0 fully saturated rings. The zero-order valence-electron chi connectivity index (χ0n) is 10.8. The van der Waals surface area contributed by atoms with Crippen molar-refractivity contribution in [3.63, 3.8) is 0 Å². The van der Waals surface area contributed by atoms with Gasteiger partial charge in [-0.15, -0.1) is 0 Å². The summed E-state index contributed by atoms with van der Waals surface area (Å²) in [7, 11) is 0. The van der Waals surface area contributed by atoms with Crippen molar-refractivity contribution >= 4 is 26.7 Å². The normalized spacial score (nSPS) is 12.5. The third-order valence-corrected chi connectivity index (χ3v) is 3.87. The second-order valence-corrected chi connectivity index (χ2v) is 5.72. The van der Waals surface area contributed by atoms with Crippen LogP contribution in [-0.2, 0) is 6.42 Å². The van der Waals surface area contributed by atoms with Gasteiger partial charge in [0.25, 0.3) is 0 Å². The maximum atomic E-state index is 10.5. The third kappa shape index (κ3) is 2.74. The Morgan fingerprint density at radius 1 is 1.05 bits per heavy atom. The molecule has 2 nitrogen and oxygen atoms in total. The van der Waals surface area contributed by atoms with Crippen LogP contribution in [0.3, 0.4) is 0 Å². The van der Waals surface area contributed by atoms with Crippen molar-refractivity contribution in [2.24, 2.45) is 0 Å². The highest BCUT2D eigenvalue weighted by molar-refractivity contribution is 9.10. The van der Waals surface area contributed by atoms with Gasteiger partial charge in [-0.25, -0.2) is 0 Å². The first-order valence-corrected chi connectivity index (χ1v) is 7.28. The average Bonchev–Trinajstić information content (AvgIpc) is 2.46. The molecule has 1 unspecified atom stereocenters. The van der Waals surface area contributed by atoms with E-state index in [1.807, 2.05) is 54.7 Å². The third-order valence-electron chi connectivity index (χ3n) is 3.38. The summed E-state index contributed by atoms with van der Waals surface area (Å²) >= 11 is 3.45. The first-order valence-electron chi connectivity index (χ1n) is 6.49. The van der Waals surface area contributed by atoms with Crippen LogP contribution in [0, 0.1) is 0 Å². The molecule has 1 heterocycles. The molecule has 3 aromatic rings. The lowest BCUT2D eigenvalue weighted by atomic mass is 9.98. The Labute approximate surface area is 126 Å². The predicted molar refractivity (Wildman–Crippen MR) is 84.5 cm³/mol. The van der Waals surface area contributed by atoms with Crippen molar-refractivity contribution < 1.29 is 5.11 Å². The molecule has 0 aliphatic heterocycles. The minimum absolute atomic E-state index is 0.553. The minimum atomic E-state index is -0.553. The van der Waals surface area contributed by atoms with Crippen LogP contribution in [0.1, 0.15) is 17.2 Å². The van der Waals surface area contributed by atoms with E-state index in [1.165, 1.54) is 0 Å². The zero-order chi connectivity index (χ0) is 13.9. The second kappa shape index (κ2) is 5.73. The molecule has 3 heteroatoms. The smallest absolute Gasteiger partial charge is 0.0851 e. The van der Waals surface area contributed by atoms with E-state index in [1.54, 1.807) is 6.20 Å². The number of rotatable bonds is 3. The van der Waals surface area contributed by atoms with Crippen molar-refractivity contribution in [1.29, 1.82) is 0 Å². The Bertz CT molecular complexity index is 736. The first-order chi connectivity index (χ1) is 9.74. The van der Waals surface area contributed by atoms with Crippen molar-refractivity contribution in [1.82, 2.24) is 4.98 Å². The highest BCUT2D eigenvalue weighted by Crippen LogP contribution is 2.26. The maximum Gasteiger partial charge on any atom is 0.0851 e. The van der Waals surface area contributed by atoms with Crippen LogP contribution in [0.25, 0.3) is 10.8 Å². The topological polar surface area (TPSA) is 33.1 Å². The summed E-state index contributed by atoms with van der Waals surface area (Å²) in [6.45, 7) is 0. The van der Waals surface area contributed by atoms with Gasteiger partial charge in [0.05, 0.1) is 6.10 Å². The van der Waals surface area contributed by atoms with Gasteiger partial charge in [0, 0.05) is 34.2 Å². The number of fused-ring (bicyclic) bond motifs is 1. The van der Waals surface area contributed by atoms with Gasteiger partial charge >= 0.3 is 0 Å². The molecule has 0 spiro atoms. The summed E-state index contributed by atoms with van der Waals surface area (Å²) in [4.78, 5) is 4.22. The standard InChI is InChI=1S/C17H14BrNO/c18-14-6-3-4-12(8-14)9-17(20)16-11-19-10-13-5-1-2-7-15(13)16/h1-8,10-11,17,20H,9H2. The van der Waals surface area contributed by atoms with Crippen LogP contribution < -0.4 is 0 Å². The molecule has 0 saturated carbocycles. The molecule has 0 aliphatic carbocycles. The van der Waals surface area contributed by atoms with E-state index in [-0.39, 0.29) is 0 Å². The fraction of sp³-hybridized carbons (Fsp3) is 0.118. The van der Waals surface area contributed by atoms with Crippen LogP contribution in [0.2, 0.25) is 0 Å². The fourth-order valence-electron chi connectivity index (χ4n) is 2.40. The first kappa shape index (κ1) is 13.3. The number of pyridine rings is 1. The number of halogens is 1. The van der Waals surface area contributed by atoms with Gasteiger partial charge in [0.1, 0.15) is 0 Å². The quantitative estimate of drug-likeness (QED) is 0.779. The van der Waals surface area contributed by atoms with Gasteiger partial charge in [-0.1, -0.05) is 52.3 Å². The van der Waals surface area contributed by atoms with Gasteiger partial charge in [0.15, 0.2) is 0 Å². The number of hydrogen-bond donors (Lipinski definition) is 1. The molecule has 1 atom stereocenters. The molecular weight excluding hydrogens is 314 g/mol. The fourth-order valence-corrected chi connectivity index (χ4v) is 2.85. The van der Waals surface area contributed by atoms with Gasteiger partial charge < -0.3 is 5.11 Å². The molecule has 0 radical (unpaired) electrons. The largest absolute Gasteiger partial charge is 0.388 e. The van der Waals surface area contributed by atoms with Crippen molar-refractivity contribution in [2.75, 3.05) is 0 Å². The van der Waals surface area contributed by atoms with Crippen LogP contribution >= 0.6 is 15.9 Å². The summed E-state index contributed by atoms with van der Waals surface area (Å²) in [6.07, 6.45) is 3.60. The molecule has 2 aromatic carbocycles. The summed E-state index contributed by atoms with van der Waals surface area (Å²) < 4.78 is 1.03. The Kier molecular flexibility index (Phi) is 3.81. The highest BCUT2D eigenvalue weighted by atomic mass is 79.9. The van der Waals surface area contributed by atoms with Crippen molar-refractivity contribution in [3.05, 3.63) is 76.5 Å². The van der Waals surface area contributed by atoms with Crippen LogP contribution in [0.4, 0.5) is 0 Å². The summed E-state index contributed by atoms with van der Waals surface area (Å²) in [5, 5.41) is 12.6. The number of benzene rings is 2. The molecular formula is C17H14BrNO. The van der Waals surface area contributed by atoms with E-state index >= 15 is 0 Å². The number of nitrogens with zero attached hydrogens (tertiary/aromatic N) is 1. The minimum Gasteiger partial charge on any atom is -0.388 e. The summed E-state index contributed by atoms with van der Waals surface area (Å²) in [5.74, 6) is 0. The van der Waals surface area contributed by atoms with Gasteiger partial charge in [-0.3, -0.25) is 4.98 Å². The average molecular weight is 328 g/mol. The number of hydrogen-bond acceptors (Lipinski definition) is 2. The lowest BCUT2D eigenvalue weighted by Gasteiger charge is -2.13. The lowest BCUT2D eigenvalue weighted by Crippen LogP contribution is -2.03. The molecule has 0 aliphatic rings. The van der Waals surface area contributed by atoms with E-state index in [4.69, 9.17) is 0 Å². The molecule has 0 amide bonds. The van der Waals surface area contributed by atoms with E-state index in [0.717, 1.165) is 26.4 Å². The Balaban J connectivity index is 1.94. The Morgan fingerprint density at radius 2 is 1.90 bits per heavy atom. The summed E-state index contributed by atoms with van der Waals surface area (Å²) in [6, 6.07) is 16.0.